The first-order chi connectivity index (χ1) is 9.77. The summed E-state index contributed by atoms with van der Waals surface area (Å²) in [6, 6.07) is 8.74. The zero-order chi connectivity index (χ0) is 14.0. The molecule has 1 aromatic carbocycles. The number of hydrazine groups is 1. The first-order valence-electron chi connectivity index (χ1n) is 8.00. The fourth-order valence-electron chi connectivity index (χ4n) is 3.70. The van der Waals surface area contributed by atoms with Crippen LogP contribution in [0, 0.1) is 5.41 Å². The molecule has 0 bridgehead atoms. The summed E-state index contributed by atoms with van der Waals surface area (Å²) >= 11 is 0. The van der Waals surface area contributed by atoms with Crippen molar-refractivity contribution in [1.82, 2.24) is 5.43 Å². The lowest BCUT2D eigenvalue weighted by molar-refractivity contribution is 0.187. The SMILES string of the molecule is CCC1(C(NN)c2cccc(OC3CC3)c2)CCCC1. The summed E-state index contributed by atoms with van der Waals surface area (Å²) in [5.41, 5.74) is 4.68. The second kappa shape index (κ2) is 5.74. The van der Waals surface area contributed by atoms with Crippen LogP contribution >= 0.6 is 0 Å². The zero-order valence-electron chi connectivity index (χ0n) is 12.4. The highest BCUT2D eigenvalue weighted by Crippen LogP contribution is 2.50. The van der Waals surface area contributed by atoms with E-state index in [1.165, 1.54) is 50.5 Å². The molecule has 1 atom stereocenters. The van der Waals surface area contributed by atoms with Crippen LogP contribution in [0.25, 0.3) is 0 Å². The van der Waals surface area contributed by atoms with Gasteiger partial charge in [0.1, 0.15) is 5.75 Å². The highest BCUT2D eigenvalue weighted by atomic mass is 16.5. The summed E-state index contributed by atoms with van der Waals surface area (Å²) in [7, 11) is 0. The van der Waals surface area contributed by atoms with Crippen LogP contribution in [-0.4, -0.2) is 6.10 Å². The van der Waals surface area contributed by atoms with Crippen molar-refractivity contribution in [3.63, 3.8) is 0 Å². The molecule has 3 heteroatoms. The van der Waals surface area contributed by atoms with Crippen LogP contribution in [0.3, 0.4) is 0 Å². The van der Waals surface area contributed by atoms with E-state index in [1.54, 1.807) is 0 Å². The summed E-state index contributed by atoms with van der Waals surface area (Å²) in [5, 5.41) is 0. The second-order valence-electron chi connectivity index (χ2n) is 6.41. The molecular weight excluding hydrogens is 248 g/mol. The third-order valence-electron chi connectivity index (χ3n) is 5.10. The van der Waals surface area contributed by atoms with Crippen molar-refractivity contribution in [1.29, 1.82) is 0 Å². The van der Waals surface area contributed by atoms with Crippen molar-refractivity contribution in [2.75, 3.05) is 0 Å². The molecule has 3 rings (SSSR count). The average Bonchev–Trinajstić information content (AvgIpc) is 3.15. The molecule has 2 aliphatic rings. The van der Waals surface area contributed by atoms with Crippen molar-refractivity contribution in [3.05, 3.63) is 29.8 Å². The van der Waals surface area contributed by atoms with Crippen LogP contribution in [0.4, 0.5) is 0 Å². The van der Waals surface area contributed by atoms with Crippen LogP contribution in [0.5, 0.6) is 5.75 Å². The number of benzene rings is 1. The lowest BCUT2D eigenvalue weighted by atomic mass is 9.73. The van der Waals surface area contributed by atoms with Crippen molar-refractivity contribution < 1.29 is 4.74 Å². The van der Waals surface area contributed by atoms with Crippen LogP contribution in [0.1, 0.15) is 63.5 Å². The standard InChI is InChI=1S/C17H26N2O/c1-2-17(10-3-4-11-17)16(19-18)13-6-5-7-15(12-13)20-14-8-9-14/h5-7,12,14,16,19H,2-4,8-11,18H2,1H3. The molecule has 0 aliphatic heterocycles. The minimum atomic E-state index is 0.234. The van der Waals surface area contributed by atoms with E-state index in [-0.39, 0.29) is 6.04 Å². The molecule has 3 N–H and O–H groups in total. The Morgan fingerprint density at radius 3 is 2.70 bits per heavy atom. The Morgan fingerprint density at radius 1 is 1.35 bits per heavy atom. The number of ether oxygens (including phenoxy) is 1. The largest absolute Gasteiger partial charge is 0.490 e. The minimum Gasteiger partial charge on any atom is -0.490 e. The van der Waals surface area contributed by atoms with Gasteiger partial charge in [0, 0.05) is 0 Å². The van der Waals surface area contributed by atoms with Crippen LogP contribution in [0.2, 0.25) is 0 Å². The van der Waals surface area contributed by atoms with E-state index in [0.29, 0.717) is 11.5 Å². The second-order valence-corrected chi connectivity index (χ2v) is 6.41. The van der Waals surface area contributed by atoms with Gasteiger partial charge < -0.3 is 4.74 Å². The van der Waals surface area contributed by atoms with Crippen molar-refractivity contribution >= 4 is 0 Å². The molecule has 110 valence electrons. The van der Waals surface area contributed by atoms with E-state index < -0.39 is 0 Å². The number of rotatable bonds is 6. The van der Waals surface area contributed by atoms with Gasteiger partial charge in [-0.15, -0.1) is 0 Å². The van der Waals surface area contributed by atoms with E-state index >= 15 is 0 Å². The Bertz CT molecular complexity index is 450. The molecule has 1 aromatic rings. The number of hydrogen-bond acceptors (Lipinski definition) is 3. The Labute approximate surface area is 121 Å². The first-order valence-corrected chi connectivity index (χ1v) is 8.00. The molecule has 2 saturated carbocycles. The molecule has 0 aromatic heterocycles. The van der Waals surface area contributed by atoms with Gasteiger partial charge in [-0.3, -0.25) is 11.3 Å². The third-order valence-corrected chi connectivity index (χ3v) is 5.10. The lowest BCUT2D eigenvalue weighted by Gasteiger charge is -2.37. The highest BCUT2D eigenvalue weighted by Gasteiger charge is 2.40. The van der Waals surface area contributed by atoms with Crippen LogP contribution < -0.4 is 16.0 Å². The first kappa shape index (κ1) is 13.9. The smallest absolute Gasteiger partial charge is 0.120 e. The number of nitrogens with two attached hydrogens (primary N) is 1. The Hall–Kier alpha value is -1.06. The summed E-state index contributed by atoms with van der Waals surface area (Å²) in [5.74, 6) is 6.91. The third kappa shape index (κ3) is 2.70. The molecule has 0 spiro atoms. The van der Waals surface area contributed by atoms with Crippen LogP contribution in [0.15, 0.2) is 24.3 Å². The normalized spacial score (nSPS) is 22.7. The molecule has 2 aliphatic carbocycles. The fourth-order valence-corrected chi connectivity index (χ4v) is 3.70. The molecule has 0 amide bonds. The molecule has 2 fully saturated rings. The quantitative estimate of drug-likeness (QED) is 0.614. The summed E-state index contributed by atoms with van der Waals surface area (Å²) in [4.78, 5) is 0. The van der Waals surface area contributed by atoms with Crippen molar-refractivity contribution in [2.24, 2.45) is 11.3 Å². The molecule has 20 heavy (non-hydrogen) atoms. The van der Waals surface area contributed by atoms with Gasteiger partial charge in [0.2, 0.25) is 0 Å². The van der Waals surface area contributed by atoms with Crippen molar-refractivity contribution in [2.45, 2.75) is 64.0 Å². The zero-order valence-corrected chi connectivity index (χ0v) is 12.4. The van der Waals surface area contributed by atoms with E-state index in [1.807, 2.05) is 0 Å². The minimum absolute atomic E-state index is 0.234. The van der Waals surface area contributed by atoms with Gasteiger partial charge in [-0.25, -0.2) is 0 Å². The van der Waals surface area contributed by atoms with Gasteiger partial charge in [0.15, 0.2) is 0 Å². The summed E-state index contributed by atoms with van der Waals surface area (Å²) in [6.07, 6.45) is 9.20. The molecule has 1 unspecified atom stereocenters. The topological polar surface area (TPSA) is 47.3 Å². The summed E-state index contributed by atoms with van der Waals surface area (Å²) in [6.45, 7) is 2.29. The molecule has 3 nitrogen and oxygen atoms in total. The predicted molar refractivity (Wildman–Crippen MR) is 81.3 cm³/mol. The van der Waals surface area contributed by atoms with Gasteiger partial charge >= 0.3 is 0 Å². The van der Waals surface area contributed by atoms with Crippen LogP contribution in [-0.2, 0) is 0 Å². The van der Waals surface area contributed by atoms with Gasteiger partial charge in [-0.1, -0.05) is 31.9 Å². The molecule has 0 heterocycles. The summed E-state index contributed by atoms with van der Waals surface area (Å²) < 4.78 is 5.92. The maximum absolute atomic E-state index is 5.92. The van der Waals surface area contributed by atoms with E-state index in [4.69, 9.17) is 10.6 Å². The maximum Gasteiger partial charge on any atom is 0.120 e. The molecular formula is C17H26N2O. The van der Waals surface area contributed by atoms with Gasteiger partial charge in [0.25, 0.3) is 0 Å². The highest BCUT2D eigenvalue weighted by molar-refractivity contribution is 5.32. The van der Waals surface area contributed by atoms with E-state index in [2.05, 4.69) is 36.6 Å². The van der Waals surface area contributed by atoms with Gasteiger partial charge in [-0.2, -0.15) is 0 Å². The van der Waals surface area contributed by atoms with Gasteiger partial charge in [-0.05, 0) is 55.2 Å². The Morgan fingerprint density at radius 2 is 2.10 bits per heavy atom. The fraction of sp³-hybridized carbons (Fsp3) is 0.647. The van der Waals surface area contributed by atoms with E-state index in [0.717, 1.165) is 5.75 Å². The Kier molecular flexibility index (Phi) is 3.99. The lowest BCUT2D eigenvalue weighted by Crippen LogP contribution is -2.40. The maximum atomic E-state index is 5.92. The molecule has 0 radical (unpaired) electrons. The monoisotopic (exact) mass is 274 g/mol. The van der Waals surface area contributed by atoms with E-state index in [9.17, 15) is 0 Å². The molecule has 0 saturated heterocycles. The average molecular weight is 274 g/mol. The van der Waals surface area contributed by atoms with Crippen molar-refractivity contribution in [3.8, 4) is 5.75 Å². The number of hydrogen-bond donors (Lipinski definition) is 2. The predicted octanol–water partition coefficient (Wildman–Crippen LogP) is 3.70. The van der Waals surface area contributed by atoms with Gasteiger partial charge in [0.05, 0.1) is 12.1 Å². The Balaban J connectivity index is 1.84. The number of nitrogens with one attached hydrogen (secondary N) is 1.